The summed E-state index contributed by atoms with van der Waals surface area (Å²) in [6.45, 7) is 4.29. The molecule has 2 aromatic carbocycles. The molecule has 1 unspecified atom stereocenters. The van der Waals surface area contributed by atoms with Gasteiger partial charge in [0.05, 0.1) is 59.8 Å². The molecule has 214 valence electrons. The molecule has 2 aliphatic rings. The monoisotopic (exact) mass is 575 g/mol. The number of benzene rings is 2. The molecule has 0 radical (unpaired) electrons. The number of rotatable bonds is 6. The maximum Gasteiger partial charge on any atom is 0.254 e. The summed E-state index contributed by atoms with van der Waals surface area (Å²) in [5.74, 6) is 1.58. The van der Waals surface area contributed by atoms with Crippen LogP contribution in [0, 0.1) is 6.92 Å². The fourth-order valence-corrected chi connectivity index (χ4v) is 7.52. The SMILES string of the molecule is COc1ccc(-c2cc(C(=O)N3CCN(c4ccccc4OC)CC3)c3c(C)nn(C4CCS(=O)(=O)C4)c3n2)cc1. The van der Waals surface area contributed by atoms with Crippen LogP contribution in [0.4, 0.5) is 5.69 Å². The molecule has 4 aromatic rings. The van der Waals surface area contributed by atoms with Crippen molar-refractivity contribution in [2.24, 2.45) is 0 Å². The molecule has 2 saturated heterocycles. The molecule has 2 fully saturated rings. The van der Waals surface area contributed by atoms with Gasteiger partial charge < -0.3 is 19.3 Å². The minimum absolute atomic E-state index is 0.0197. The summed E-state index contributed by atoms with van der Waals surface area (Å²) in [4.78, 5) is 23.2. The van der Waals surface area contributed by atoms with Gasteiger partial charge in [0.1, 0.15) is 11.5 Å². The summed E-state index contributed by atoms with van der Waals surface area (Å²) >= 11 is 0. The number of piperazine rings is 1. The van der Waals surface area contributed by atoms with Crippen LogP contribution in [0.15, 0.2) is 54.6 Å². The molecule has 11 heteroatoms. The smallest absolute Gasteiger partial charge is 0.254 e. The summed E-state index contributed by atoms with van der Waals surface area (Å²) < 4.78 is 37.2. The first-order valence-electron chi connectivity index (χ1n) is 13.7. The number of para-hydroxylation sites is 2. The lowest BCUT2D eigenvalue weighted by molar-refractivity contribution is 0.0748. The Labute approximate surface area is 239 Å². The van der Waals surface area contributed by atoms with Gasteiger partial charge in [0.2, 0.25) is 0 Å². The van der Waals surface area contributed by atoms with Gasteiger partial charge in [0.15, 0.2) is 15.5 Å². The summed E-state index contributed by atoms with van der Waals surface area (Å²) in [6, 6.07) is 16.9. The van der Waals surface area contributed by atoms with Gasteiger partial charge in [0, 0.05) is 31.7 Å². The van der Waals surface area contributed by atoms with Crippen molar-refractivity contribution in [2.45, 2.75) is 19.4 Å². The number of sulfone groups is 1. The van der Waals surface area contributed by atoms with Gasteiger partial charge in [-0.15, -0.1) is 0 Å². The predicted octanol–water partition coefficient (Wildman–Crippen LogP) is 3.75. The number of methoxy groups -OCH3 is 2. The number of ether oxygens (including phenoxy) is 2. The number of anilines is 1. The lowest BCUT2D eigenvalue weighted by Crippen LogP contribution is -2.49. The third kappa shape index (κ3) is 5.10. The van der Waals surface area contributed by atoms with E-state index in [1.165, 1.54) is 0 Å². The number of hydrogen-bond acceptors (Lipinski definition) is 8. The minimum Gasteiger partial charge on any atom is -0.497 e. The zero-order valence-corrected chi connectivity index (χ0v) is 24.2. The van der Waals surface area contributed by atoms with E-state index in [0.717, 1.165) is 22.7 Å². The van der Waals surface area contributed by atoms with Gasteiger partial charge in [0.25, 0.3) is 5.91 Å². The molecular formula is C30H33N5O5S. The Bertz CT molecular complexity index is 1710. The molecule has 0 aliphatic carbocycles. The van der Waals surface area contributed by atoms with Gasteiger partial charge in [-0.1, -0.05) is 12.1 Å². The molecule has 0 bridgehead atoms. The van der Waals surface area contributed by atoms with E-state index in [1.54, 1.807) is 18.9 Å². The number of carbonyl (C=O) groups is 1. The average molecular weight is 576 g/mol. The third-order valence-electron chi connectivity index (χ3n) is 8.00. The molecule has 10 nitrogen and oxygen atoms in total. The van der Waals surface area contributed by atoms with Crippen molar-refractivity contribution in [1.29, 1.82) is 0 Å². The Kier molecular flexibility index (Phi) is 7.06. The van der Waals surface area contributed by atoms with E-state index < -0.39 is 9.84 Å². The summed E-state index contributed by atoms with van der Waals surface area (Å²) in [6.07, 6.45) is 0.473. The van der Waals surface area contributed by atoms with Gasteiger partial charge in [-0.05, 0) is 55.8 Å². The first kappa shape index (κ1) is 27.1. The predicted molar refractivity (Wildman–Crippen MR) is 158 cm³/mol. The number of fused-ring (bicyclic) bond motifs is 1. The second-order valence-electron chi connectivity index (χ2n) is 10.5. The van der Waals surface area contributed by atoms with Crippen LogP contribution in [-0.4, -0.2) is 85.9 Å². The van der Waals surface area contributed by atoms with Crippen LogP contribution in [0.2, 0.25) is 0 Å². The number of nitrogens with zero attached hydrogens (tertiary/aromatic N) is 5. The van der Waals surface area contributed by atoms with E-state index in [1.807, 2.05) is 66.4 Å². The van der Waals surface area contributed by atoms with Gasteiger partial charge in [-0.3, -0.25) is 4.79 Å². The van der Waals surface area contributed by atoms with Crippen molar-refractivity contribution in [3.8, 4) is 22.8 Å². The van der Waals surface area contributed by atoms with E-state index >= 15 is 0 Å². The Morgan fingerprint density at radius 3 is 2.37 bits per heavy atom. The quantitative estimate of drug-likeness (QED) is 0.342. The van der Waals surface area contributed by atoms with E-state index in [2.05, 4.69) is 4.90 Å². The van der Waals surface area contributed by atoms with E-state index in [4.69, 9.17) is 19.6 Å². The van der Waals surface area contributed by atoms with Gasteiger partial charge in [-0.25, -0.2) is 18.1 Å². The first-order chi connectivity index (χ1) is 19.8. The number of aryl methyl sites for hydroxylation is 1. The molecule has 1 atom stereocenters. The van der Waals surface area contributed by atoms with E-state index in [-0.39, 0.29) is 23.5 Å². The van der Waals surface area contributed by atoms with Crippen molar-refractivity contribution in [3.63, 3.8) is 0 Å². The molecule has 4 heterocycles. The Hall–Kier alpha value is -4.12. The largest absolute Gasteiger partial charge is 0.497 e. The van der Waals surface area contributed by atoms with Crippen LogP contribution < -0.4 is 14.4 Å². The van der Waals surface area contributed by atoms with Crippen LogP contribution in [0.5, 0.6) is 11.5 Å². The Morgan fingerprint density at radius 2 is 1.71 bits per heavy atom. The zero-order chi connectivity index (χ0) is 28.7. The van der Waals surface area contributed by atoms with Crippen molar-refractivity contribution in [3.05, 3.63) is 65.9 Å². The van der Waals surface area contributed by atoms with Crippen LogP contribution in [0.25, 0.3) is 22.3 Å². The van der Waals surface area contributed by atoms with Crippen molar-refractivity contribution in [1.82, 2.24) is 19.7 Å². The van der Waals surface area contributed by atoms with E-state index in [9.17, 15) is 13.2 Å². The molecule has 41 heavy (non-hydrogen) atoms. The standard InChI is InChI=1S/C30H33N5O5S/c1-20-28-24(30(36)34-15-13-33(14-16-34)26-6-4-5-7-27(26)40-3)18-25(21-8-10-23(39-2)11-9-21)31-29(28)35(32-20)22-12-17-41(37,38)19-22/h4-11,18,22H,12-17,19H2,1-3H3. The molecule has 2 aliphatic heterocycles. The van der Waals surface area contributed by atoms with Crippen LogP contribution in [0.1, 0.15) is 28.5 Å². The second kappa shape index (κ2) is 10.7. The Morgan fingerprint density at radius 1 is 0.976 bits per heavy atom. The minimum atomic E-state index is -3.14. The van der Waals surface area contributed by atoms with Crippen molar-refractivity contribution >= 4 is 32.5 Å². The fourth-order valence-electron chi connectivity index (χ4n) is 5.83. The normalized spacial score (nSPS) is 18.6. The highest BCUT2D eigenvalue weighted by Crippen LogP contribution is 2.34. The van der Waals surface area contributed by atoms with Gasteiger partial charge >= 0.3 is 0 Å². The highest BCUT2D eigenvalue weighted by Gasteiger charge is 2.33. The number of pyridine rings is 1. The average Bonchev–Trinajstić information content (AvgIpc) is 3.54. The van der Waals surface area contributed by atoms with Crippen LogP contribution in [-0.2, 0) is 9.84 Å². The van der Waals surface area contributed by atoms with Crippen LogP contribution >= 0.6 is 0 Å². The lowest BCUT2D eigenvalue weighted by atomic mass is 10.0. The van der Waals surface area contributed by atoms with Gasteiger partial charge in [-0.2, -0.15) is 5.10 Å². The molecule has 0 N–H and O–H groups in total. The molecular weight excluding hydrogens is 542 g/mol. The van der Waals surface area contributed by atoms with Crippen LogP contribution in [0.3, 0.4) is 0 Å². The number of carbonyl (C=O) groups excluding carboxylic acids is 1. The maximum absolute atomic E-state index is 14.2. The summed E-state index contributed by atoms with van der Waals surface area (Å²) in [7, 11) is 0.135. The van der Waals surface area contributed by atoms with Crippen molar-refractivity contribution < 1.29 is 22.7 Å². The summed E-state index contributed by atoms with van der Waals surface area (Å²) in [5, 5.41) is 5.41. The zero-order valence-electron chi connectivity index (χ0n) is 23.4. The Balaban J connectivity index is 1.38. The third-order valence-corrected chi connectivity index (χ3v) is 9.75. The molecule has 0 saturated carbocycles. The fraction of sp³-hybridized carbons (Fsp3) is 0.367. The topological polar surface area (TPSA) is 107 Å². The molecule has 0 spiro atoms. The second-order valence-corrected chi connectivity index (χ2v) is 12.7. The molecule has 1 amide bonds. The number of aromatic nitrogens is 3. The lowest BCUT2D eigenvalue weighted by Gasteiger charge is -2.36. The first-order valence-corrected chi connectivity index (χ1v) is 15.5. The maximum atomic E-state index is 14.2. The highest BCUT2D eigenvalue weighted by atomic mass is 32.2. The summed E-state index contributed by atoms with van der Waals surface area (Å²) in [5.41, 5.74) is 4.18. The highest BCUT2D eigenvalue weighted by molar-refractivity contribution is 7.91. The molecule has 2 aromatic heterocycles. The van der Waals surface area contributed by atoms with E-state index in [0.29, 0.717) is 60.6 Å². The molecule has 6 rings (SSSR count). The number of amides is 1. The number of hydrogen-bond donors (Lipinski definition) is 0. The van der Waals surface area contributed by atoms with Crippen molar-refractivity contribution in [2.75, 3.05) is 56.8 Å².